The molecule has 1 aromatic carbocycles. The van der Waals surface area contributed by atoms with Crippen LogP contribution in [0.2, 0.25) is 0 Å². The monoisotopic (exact) mass is 402 g/mol. The minimum absolute atomic E-state index is 0.305. The number of aryl methyl sites for hydroxylation is 3. The van der Waals surface area contributed by atoms with Crippen LogP contribution in [-0.2, 0) is 41.3 Å². The van der Waals surface area contributed by atoms with E-state index >= 15 is 0 Å². The Bertz CT molecular complexity index is 976. The van der Waals surface area contributed by atoms with Gasteiger partial charge in [-0.15, -0.1) is 0 Å². The number of hydrogen-bond donors (Lipinski definition) is 2. The first-order valence-electron chi connectivity index (χ1n) is 9.39. The molecule has 28 heavy (non-hydrogen) atoms. The summed E-state index contributed by atoms with van der Waals surface area (Å²) in [6.07, 6.45) is 5.73. The summed E-state index contributed by atoms with van der Waals surface area (Å²) < 4.78 is 28.2. The zero-order valence-electron chi connectivity index (χ0n) is 16.2. The maximum Gasteiger partial charge on any atom is 0.235 e. The van der Waals surface area contributed by atoms with Gasteiger partial charge >= 0.3 is 0 Å². The molecule has 1 aliphatic rings. The predicted molar refractivity (Wildman–Crippen MR) is 109 cm³/mol. The van der Waals surface area contributed by atoms with Gasteiger partial charge in [0.15, 0.2) is 0 Å². The van der Waals surface area contributed by atoms with Crippen LogP contribution in [0.4, 0.5) is 0 Å². The van der Waals surface area contributed by atoms with Crippen LogP contribution in [0.25, 0.3) is 6.08 Å². The average Bonchev–Trinajstić information content (AvgIpc) is 2.99. The van der Waals surface area contributed by atoms with Crippen molar-refractivity contribution >= 4 is 22.0 Å². The number of aromatic nitrogens is 2. The van der Waals surface area contributed by atoms with Crippen molar-refractivity contribution in [1.29, 1.82) is 0 Å². The molecule has 0 aliphatic heterocycles. The van der Waals surface area contributed by atoms with Crippen molar-refractivity contribution in [3.05, 3.63) is 57.8 Å². The molecule has 150 valence electrons. The Hall–Kier alpha value is -2.45. The molecule has 8 heteroatoms. The molecule has 0 atom stereocenters. The summed E-state index contributed by atoms with van der Waals surface area (Å²) in [5.74, 6) is -0.377. The fourth-order valence-corrected chi connectivity index (χ4v) is 4.04. The quantitative estimate of drug-likeness (QED) is 0.739. The predicted octanol–water partition coefficient (Wildman–Crippen LogP) is 1.81. The molecule has 2 N–H and O–H groups in total. The normalized spacial score (nSPS) is 14.2. The highest BCUT2D eigenvalue weighted by Gasteiger charge is 2.19. The number of benzene rings is 1. The number of fused-ring (bicyclic) bond motifs is 1. The third-order valence-electron chi connectivity index (χ3n) is 4.85. The van der Waals surface area contributed by atoms with Gasteiger partial charge < -0.3 is 5.32 Å². The van der Waals surface area contributed by atoms with Gasteiger partial charge in [-0.05, 0) is 49.8 Å². The first-order chi connectivity index (χ1) is 13.3. The number of rotatable bonds is 7. The van der Waals surface area contributed by atoms with Crippen LogP contribution < -0.4 is 10.0 Å². The Kier molecular flexibility index (Phi) is 6.31. The van der Waals surface area contributed by atoms with E-state index in [0.29, 0.717) is 6.54 Å². The Morgan fingerprint density at radius 2 is 1.93 bits per heavy atom. The van der Waals surface area contributed by atoms with Crippen LogP contribution in [-0.4, -0.2) is 30.7 Å². The zero-order valence-corrected chi connectivity index (χ0v) is 17.1. The molecular formula is C20H26N4O3S. The Labute approximate surface area is 165 Å². The number of hydrogen-bond acceptors (Lipinski definition) is 4. The average molecular weight is 403 g/mol. The highest BCUT2D eigenvalue weighted by molar-refractivity contribution is 7.92. The van der Waals surface area contributed by atoms with Crippen molar-refractivity contribution in [3.8, 4) is 0 Å². The molecule has 7 nitrogen and oxygen atoms in total. The molecule has 3 rings (SSSR count). The summed E-state index contributed by atoms with van der Waals surface area (Å²) >= 11 is 0. The molecule has 0 saturated heterocycles. The van der Waals surface area contributed by atoms with Gasteiger partial charge in [0.25, 0.3) is 0 Å². The maximum atomic E-state index is 12.1. The van der Waals surface area contributed by atoms with E-state index in [4.69, 9.17) is 0 Å². The molecule has 0 fully saturated rings. The van der Waals surface area contributed by atoms with Gasteiger partial charge in [-0.3, -0.25) is 9.48 Å². The Morgan fingerprint density at radius 3 is 2.68 bits per heavy atom. The van der Waals surface area contributed by atoms with E-state index in [-0.39, 0.29) is 12.5 Å². The standard InChI is InChI=1S/C20H26N4O3S/c1-15-7-9-16(10-8-15)11-12-28(26,27)22-14-20(25)21-13-19-17-5-3-4-6-18(17)23-24(19)2/h7-12,22H,3-6,13-14H2,1-2H3,(H,21,25)/b12-11+. The number of sulfonamides is 1. The molecule has 0 spiro atoms. The topological polar surface area (TPSA) is 93.1 Å². The van der Waals surface area contributed by atoms with E-state index in [0.717, 1.165) is 53.6 Å². The molecule has 1 heterocycles. The summed E-state index contributed by atoms with van der Waals surface area (Å²) in [5.41, 5.74) is 5.20. The zero-order chi connectivity index (χ0) is 20.1. The lowest BCUT2D eigenvalue weighted by atomic mass is 9.96. The maximum absolute atomic E-state index is 12.1. The van der Waals surface area contributed by atoms with Gasteiger partial charge in [0.1, 0.15) is 0 Å². The van der Waals surface area contributed by atoms with E-state index in [1.807, 2.05) is 42.9 Å². The van der Waals surface area contributed by atoms with Crippen molar-refractivity contribution in [2.24, 2.45) is 7.05 Å². The minimum atomic E-state index is -3.69. The van der Waals surface area contributed by atoms with Gasteiger partial charge in [0.2, 0.25) is 15.9 Å². The lowest BCUT2D eigenvalue weighted by Crippen LogP contribution is -2.36. The summed E-state index contributed by atoms with van der Waals surface area (Å²) in [5, 5.41) is 8.37. The van der Waals surface area contributed by atoms with Gasteiger partial charge in [-0.1, -0.05) is 29.8 Å². The van der Waals surface area contributed by atoms with E-state index in [1.54, 1.807) is 0 Å². The van der Waals surface area contributed by atoms with Crippen molar-refractivity contribution in [1.82, 2.24) is 19.8 Å². The summed E-state index contributed by atoms with van der Waals surface area (Å²) in [6, 6.07) is 7.49. The minimum Gasteiger partial charge on any atom is -0.349 e. The fourth-order valence-electron chi connectivity index (χ4n) is 3.27. The third kappa shape index (κ3) is 5.30. The lowest BCUT2D eigenvalue weighted by molar-refractivity contribution is -0.120. The van der Waals surface area contributed by atoms with Crippen LogP contribution in [0.1, 0.15) is 40.9 Å². The number of nitrogens with zero attached hydrogens (tertiary/aromatic N) is 2. The third-order valence-corrected chi connectivity index (χ3v) is 5.89. The van der Waals surface area contributed by atoms with Gasteiger partial charge in [-0.25, -0.2) is 13.1 Å². The summed E-state index contributed by atoms with van der Waals surface area (Å²) in [6.45, 7) is 2.00. The number of nitrogens with one attached hydrogen (secondary N) is 2. The van der Waals surface area contributed by atoms with Gasteiger partial charge in [0, 0.05) is 12.5 Å². The molecule has 0 bridgehead atoms. The molecular weight excluding hydrogens is 376 g/mol. The van der Waals surface area contributed by atoms with Crippen molar-refractivity contribution < 1.29 is 13.2 Å². The molecule has 1 aliphatic carbocycles. The smallest absolute Gasteiger partial charge is 0.235 e. The summed E-state index contributed by atoms with van der Waals surface area (Å²) in [7, 11) is -1.82. The van der Waals surface area contributed by atoms with E-state index in [1.165, 1.54) is 11.6 Å². The van der Waals surface area contributed by atoms with E-state index in [9.17, 15) is 13.2 Å². The molecule has 0 saturated carbocycles. The van der Waals surface area contributed by atoms with E-state index in [2.05, 4.69) is 15.1 Å². The number of amides is 1. The molecule has 0 radical (unpaired) electrons. The second kappa shape index (κ2) is 8.70. The first-order valence-corrected chi connectivity index (χ1v) is 10.9. The van der Waals surface area contributed by atoms with E-state index < -0.39 is 10.0 Å². The summed E-state index contributed by atoms with van der Waals surface area (Å²) in [4.78, 5) is 12.1. The molecule has 1 amide bonds. The second-order valence-corrected chi connectivity index (χ2v) is 8.71. The highest BCUT2D eigenvalue weighted by Crippen LogP contribution is 2.23. The van der Waals surface area contributed by atoms with Crippen molar-refractivity contribution in [2.75, 3.05) is 6.54 Å². The SMILES string of the molecule is Cc1ccc(/C=C/S(=O)(=O)NCC(=O)NCc2c3c(nn2C)CCCC3)cc1. The van der Waals surface area contributed by atoms with Crippen molar-refractivity contribution in [2.45, 2.75) is 39.2 Å². The number of carbonyl (C=O) groups excluding carboxylic acids is 1. The van der Waals surface area contributed by atoms with Crippen LogP contribution in [0, 0.1) is 6.92 Å². The van der Waals surface area contributed by atoms with Gasteiger partial charge in [-0.2, -0.15) is 5.10 Å². The largest absolute Gasteiger partial charge is 0.349 e. The fraction of sp³-hybridized carbons (Fsp3) is 0.400. The molecule has 1 aromatic heterocycles. The Morgan fingerprint density at radius 1 is 1.21 bits per heavy atom. The van der Waals surface area contributed by atoms with Crippen molar-refractivity contribution in [3.63, 3.8) is 0 Å². The highest BCUT2D eigenvalue weighted by atomic mass is 32.2. The number of carbonyl (C=O) groups is 1. The first kappa shape index (κ1) is 20.3. The second-order valence-electron chi connectivity index (χ2n) is 7.06. The molecule has 0 unspecified atom stereocenters. The van der Waals surface area contributed by atoms with Gasteiger partial charge in [0.05, 0.1) is 24.5 Å². The molecule has 2 aromatic rings. The Balaban J connectivity index is 1.51. The van der Waals surface area contributed by atoms with Crippen LogP contribution in [0.5, 0.6) is 0 Å². The van der Waals surface area contributed by atoms with Crippen LogP contribution >= 0.6 is 0 Å². The lowest BCUT2D eigenvalue weighted by Gasteiger charge is -2.12. The van der Waals surface area contributed by atoms with Crippen LogP contribution in [0.15, 0.2) is 29.7 Å². The van der Waals surface area contributed by atoms with Crippen LogP contribution in [0.3, 0.4) is 0 Å².